The molecule has 3 nitrogen and oxygen atoms in total. The number of aromatic nitrogens is 1. The summed E-state index contributed by atoms with van der Waals surface area (Å²) in [6, 6.07) is 2.04. The van der Waals surface area contributed by atoms with Crippen LogP contribution in [0.25, 0.3) is 0 Å². The van der Waals surface area contributed by atoms with E-state index in [2.05, 4.69) is 15.2 Å². The maximum Gasteiger partial charge on any atom is 0.0822 e. The number of nitrogens with zero attached hydrogens (tertiary/aromatic N) is 2. The number of rotatable bonds is 1. The Bertz CT molecular complexity index is 410. The molecule has 0 radical (unpaired) electrons. The van der Waals surface area contributed by atoms with Crippen molar-refractivity contribution in [1.29, 1.82) is 0 Å². The van der Waals surface area contributed by atoms with Crippen LogP contribution in [0, 0.1) is 5.41 Å². The van der Waals surface area contributed by atoms with Crippen LogP contribution in [0.4, 0.5) is 5.69 Å². The molecule has 3 rings (SSSR count). The van der Waals surface area contributed by atoms with Crippen LogP contribution in [0.5, 0.6) is 0 Å². The maximum absolute atomic E-state index is 6.27. The molecule has 4 heteroatoms. The van der Waals surface area contributed by atoms with Crippen LogP contribution in [0.2, 0.25) is 5.02 Å². The van der Waals surface area contributed by atoms with Crippen LogP contribution in [-0.4, -0.2) is 31.2 Å². The summed E-state index contributed by atoms with van der Waals surface area (Å²) in [6.07, 6.45) is 8.84. The quantitative estimate of drug-likeness (QED) is 0.846. The van der Waals surface area contributed by atoms with Gasteiger partial charge in [0.15, 0.2) is 0 Å². The van der Waals surface area contributed by atoms with Crippen LogP contribution in [0.1, 0.15) is 25.7 Å². The molecule has 2 aliphatic heterocycles. The standard InChI is InChI=1S/C14H20ClN3/c15-12-9-16-7-3-13(12)18-8-2-5-14(11-18)4-1-6-17-10-14/h3,7,9,17H,1-2,4-6,8,10-11H2. The van der Waals surface area contributed by atoms with Crippen LogP contribution < -0.4 is 10.2 Å². The minimum Gasteiger partial charge on any atom is -0.370 e. The molecular weight excluding hydrogens is 246 g/mol. The summed E-state index contributed by atoms with van der Waals surface area (Å²) in [6.45, 7) is 4.58. The first-order valence-electron chi connectivity index (χ1n) is 6.84. The molecule has 2 aliphatic rings. The summed E-state index contributed by atoms with van der Waals surface area (Å²) >= 11 is 6.27. The summed E-state index contributed by atoms with van der Waals surface area (Å²) in [4.78, 5) is 6.52. The number of hydrogen-bond acceptors (Lipinski definition) is 3. The average molecular weight is 266 g/mol. The molecule has 2 saturated heterocycles. The molecule has 0 bridgehead atoms. The molecular formula is C14H20ClN3. The van der Waals surface area contributed by atoms with Crippen molar-refractivity contribution in [2.75, 3.05) is 31.1 Å². The van der Waals surface area contributed by atoms with Crippen molar-refractivity contribution in [2.24, 2.45) is 5.41 Å². The fourth-order valence-electron chi connectivity index (χ4n) is 3.42. The van der Waals surface area contributed by atoms with Crippen molar-refractivity contribution in [3.05, 3.63) is 23.5 Å². The Morgan fingerprint density at radius 1 is 1.33 bits per heavy atom. The molecule has 18 heavy (non-hydrogen) atoms. The van der Waals surface area contributed by atoms with Crippen molar-refractivity contribution >= 4 is 17.3 Å². The minimum absolute atomic E-state index is 0.461. The highest BCUT2D eigenvalue weighted by molar-refractivity contribution is 6.33. The van der Waals surface area contributed by atoms with Crippen LogP contribution in [0.3, 0.4) is 0 Å². The molecule has 1 atom stereocenters. The van der Waals surface area contributed by atoms with E-state index < -0.39 is 0 Å². The minimum atomic E-state index is 0.461. The third kappa shape index (κ3) is 2.34. The van der Waals surface area contributed by atoms with Crippen LogP contribution in [-0.2, 0) is 0 Å². The van der Waals surface area contributed by atoms with E-state index in [9.17, 15) is 0 Å². The van der Waals surface area contributed by atoms with Gasteiger partial charge in [0.25, 0.3) is 0 Å². The van der Waals surface area contributed by atoms with Gasteiger partial charge in [0, 0.05) is 37.4 Å². The molecule has 3 heterocycles. The van der Waals surface area contributed by atoms with Crippen molar-refractivity contribution in [3.63, 3.8) is 0 Å². The van der Waals surface area contributed by atoms with Gasteiger partial charge in [-0.1, -0.05) is 11.6 Å². The van der Waals surface area contributed by atoms with Gasteiger partial charge >= 0.3 is 0 Å². The van der Waals surface area contributed by atoms with Gasteiger partial charge in [-0.3, -0.25) is 4.98 Å². The van der Waals surface area contributed by atoms with Gasteiger partial charge in [-0.15, -0.1) is 0 Å². The Labute approximate surface area is 114 Å². The summed E-state index contributed by atoms with van der Waals surface area (Å²) in [5.41, 5.74) is 1.61. The predicted octanol–water partition coefficient (Wildman–Crippen LogP) is 2.71. The molecule has 1 unspecified atom stereocenters. The van der Waals surface area contributed by atoms with Gasteiger partial charge in [0.2, 0.25) is 0 Å². The molecule has 0 amide bonds. The van der Waals surface area contributed by atoms with E-state index in [1.165, 1.54) is 32.2 Å². The number of hydrogen-bond donors (Lipinski definition) is 1. The topological polar surface area (TPSA) is 28.2 Å². The Balaban J connectivity index is 1.80. The zero-order valence-electron chi connectivity index (χ0n) is 10.7. The summed E-state index contributed by atoms with van der Waals surface area (Å²) < 4.78 is 0. The number of nitrogens with one attached hydrogen (secondary N) is 1. The van der Waals surface area contributed by atoms with Crippen molar-refractivity contribution < 1.29 is 0 Å². The second kappa shape index (κ2) is 5.06. The molecule has 2 fully saturated rings. The first kappa shape index (κ1) is 12.2. The van der Waals surface area contributed by atoms with Crippen molar-refractivity contribution in [2.45, 2.75) is 25.7 Å². The molecule has 98 valence electrons. The Hall–Kier alpha value is -0.800. The normalized spacial score (nSPS) is 28.6. The Morgan fingerprint density at radius 2 is 2.22 bits per heavy atom. The van der Waals surface area contributed by atoms with Crippen LogP contribution >= 0.6 is 11.6 Å². The molecule has 1 aromatic heterocycles. The number of halogens is 1. The number of pyridine rings is 1. The summed E-state index contributed by atoms with van der Waals surface area (Å²) in [7, 11) is 0. The predicted molar refractivity (Wildman–Crippen MR) is 75.2 cm³/mol. The molecule has 0 aliphatic carbocycles. The summed E-state index contributed by atoms with van der Waals surface area (Å²) in [5, 5.41) is 4.34. The zero-order valence-corrected chi connectivity index (χ0v) is 11.4. The van der Waals surface area contributed by atoms with Crippen LogP contribution in [0.15, 0.2) is 18.5 Å². The lowest BCUT2D eigenvalue weighted by atomic mass is 9.74. The average Bonchev–Trinajstić information content (AvgIpc) is 2.40. The molecule has 0 saturated carbocycles. The second-order valence-electron chi connectivity index (χ2n) is 5.63. The first-order valence-corrected chi connectivity index (χ1v) is 7.22. The van der Waals surface area contributed by atoms with Crippen molar-refractivity contribution in [3.8, 4) is 0 Å². The largest absolute Gasteiger partial charge is 0.370 e. The highest BCUT2D eigenvalue weighted by atomic mass is 35.5. The zero-order chi connectivity index (χ0) is 12.4. The number of anilines is 1. The van der Waals surface area contributed by atoms with Gasteiger partial charge in [-0.05, 0) is 38.3 Å². The van der Waals surface area contributed by atoms with Gasteiger partial charge in [-0.25, -0.2) is 0 Å². The Kier molecular flexibility index (Phi) is 3.44. The monoisotopic (exact) mass is 265 g/mol. The Morgan fingerprint density at radius 3 is 3.00 bits per heavy atom. The van der Waals surface area contributed by atoms with Gasteiger partial charge in [0.1, 0.15) is 0 Å². The van der Waals surface area contributed by atoms with E-state index in [-0.39, 0.29) is 0 Å². The third-order valence-electron chi connectivity index (χ3n) is 4.31. The van der Waals surface area contributed by atoms with Gasteiger partial charge in [-0.2, -0.15) is 0 Å². The SMILES string of the molecule is Clc1cnccc1N1CCCC2(CCCNC2)C1. The fourth-order valence-corrected chi connectivity index (χ4v) is 3.66. The smallest absolute Gasteiger partial charge is 0.0822 e. The number of piperidine rings is 2. The molecule has 1 aromatic rings. The van der Waals surface area contributed by atoms with Gasteiger partial charge < -0.3 is 10.2 Å². The molecule has 0 aromatic carbocycles. The maximum atomic E-state index is 6.27. The second-order valence-corrected chi connectivity index (χ2v) is 6.04. The first-order chi connectivity index (χ1) is 8.79. The van der Waals surface area contributed by atoms with E-state index in [1.54, 1.807) is 6.20 Å². The summed E-state index contributed by atoms with van der Waals surface area (Å²) in [5.74, 6) is 0. The van der Waals surface area contributed by atoms with E-state index >= 15 is 0 Å². The highest BCUT2D eigenvalue weighted by Crippen LogP contribution is 2.38. The van der Waals surface area contributed by atoms with E-state index in [0.717, 1.165) is 30.3 Å². The third-order valence-corrected chi connectivity index (χ3v) is 4.61. The fraction of sp³-hybridized carbons (Fsp3) is 0.643. The lowest BCUT2D eigenvalue weighted by molar-refractivity contribution is 0.173. The highest BCUT2D eigenvalue weighted by Gasteiger charge is 2.36. The van der Waals surface area contributed by atoms with Crippen molar-refractivity contribution in [1.82, 2.24) is 10.3 Å². The van der Waals surface area contributed by atoms with E-state index in [4.69, 9.17) is 11.6 Å². The molecule has 1 N–H and O–H groups in total. The molecule has 1 spiro atoms. The van der Waals surface area contributed by atoms with E-state index in [1.807, 2.05) is 12.3 Å². The lowest BCUT2D eigenvalue weighted by Gasteiger charge is -2.46. The van der Waals surface area contributed by atoms with Gasteiger partial charge in [0.05, 0.1) is 10.7 Å². The lowest BCUT2D eigenvalue weighted by Crippen LogP contribution is -2.51. The van der Waals surface area contributed by atoms with E-state index in [0.29, 0.717) is 5.41 Å².